The summed E-state index contributed by atoms with van der Waals surface area (Å²) < 4.78 is 3.82. The molecule has 3 rings (SSSR count). The molecule has 0 spiro atoms. The van der Waals surface area contributed by atoms with Crippen LogP contribution in [0.5, 0.6) is 0 Å². The van der Waals surface area contributed by atoms with Gasteiger partial charge >= 0.3 is 0 Å². The second-order valence-corrected chi connectivity index (χ2v) is 4.57. The van der Waals surface area contributed by atoms with E-state index in [1.807, 2.05) is 46.6 Å². The summed E-state index contributed by atoms with van der Waals surface area (Å²) in [6.45, 7) is 3.17. The summed E-state index contributed by atoms with van der Waals surface area (Å²) in [6, 6.07) is 3.91. The van der Waals surface area contributed by atoms with E-state index in [4.69, 9.17) is 0 Å². The van der Waals surface area contributed by atoms with Crippen molar-refractivity contribution in [2.45, 2.75) is 13.5 Å². The first-order valence-corrected chi connectivity index (χ1v) is 6.43. The average Bonchev–Trinajstić information content (AvgIpc) is 3.05. The van der Waals surface area contributed by atoms with Crippen LogP contribution in [-0.2, 0) is 6.54 Å². The first-order chi connectivity index (χ1) is 9.74. The third kappa shape index (κ3) is 2.40. The minimum Gasteiger partial charge on any atom is -0.353 e. The van der Waals surface area contributed by atoms with Crippen LogP contribution in [-0.4, -0.2) is 31.4 Å². The number of hydrogen-bond donors (Lipinski definition) is 1. The lowest BCUT2D eigenvalue weighted by Gasteiger charge is -2.06. The highest BCUT2D eigenvalue weighted by Crippen LogP contribution is 2.07. The van der Waals surface area contributed by atoms with Gasteiger partial charge in [0.1, 0.15) is 0 Å². The Morgan fingerprint density at radius 2 is 2.10 bits per heavy atom. The van der Waals surface area contributed by atoms with Crippen LogP contribution >= 0.6 is 0 Å². The van der Waals surface area contributed by atoms with E-state index in [0.29, 0.717) is 17.9 Å². The van der Waals surface area contributed by atoms with Crippen molar-refractivity contribution in [3.8, 4) is 0 Å². The molecule has 20 heavy (non-hydrogen) atoms. The molecule has 1 N–H and O–H groups in total. The van der Waals surface area contributed by atoms with Gasteiger partial charge in [-0.25, -0.2) is 9.97 Å². The number of amides is 1. The zero-order valence-corrected chi connectivity index (χ0v) is 11.2. The van der Waals surface area contributed by atoms with E-state index in [9.17, 15) is 4.79 Å². The molecule has 0 aromatic carbocycles. The van der Waals surface area contributed by atoms with Crippen molar-refractivity contribution in [2.24, 2.45) is 0 Å². The predicted octanol–water partition coefficient (Wildman–Crippen LogP) is 1.27. The molecule has 0 aliphatic heterocycles. The Bertz CT molecular complexity index is 729. The molecule has 0 unspecified atom stereocenters. The first-order valence-electron chi connectivity index (χ1n) is 6.43. The van der Waals surface area contributed by atoms with Gasteiger partial charge in [-0.1, -0.05) is 0 Å². The average molecular weight is 269 g/mol. The summed E-state index contributed by atoms with van der Waals surface area (Å²) in [6.07, 6.45) is 9.18. The number of hydrogen-bond acceptors (Lipinski definition) is 3. The van der Waals surface area contributed by atoms with Gasteiger partial charge in [0.2, 0.25) is 0 Å². The van der Waals surface area contributed by atoms with Gasteiger partial charge in [0.15, 0.2) is 11.3 Å². The quantitative estimate of drug-likeness (QED) is 0.775. The van der Waals surface area contributed by atoms with Crippen molar-refractivity contribution in [3.63, 3.8) is 0 Å². The van der Waals surface area contributed by atoms with Crippen LogP contribution in [0.3, 0.4) is 0 Å². The lowest BCUT2D eigenvalue weighted by atomic mass is 10.4. The smallest absolute Gasteiger partial charge is 0.273 e. The summed E-state index contributed by atoms with van der Waals surface area (Å²) in [5.74, 6) is -0.201. The van der Waals surface area contributed by atoms with Crippen LogP contribution in [0.1, 0.15) is 16.2 Å². The molecular formula is C14H15N5O. The third-order valence-corrected chi connectivity index (χ3v) is 3.03. The van der Waals surface area contributed by atoms with Crippen molar-refractivity contribution in [1.29, 1.82) is 0 Å². The largest absolute Gasteiger partial charge is 0.353 e. The van der Waals surface area contributed by atoms with Gasteiger partial charge in [-0.2, -0.15) is 0 Å². The highest BCUT2D eigenvalue weighted by atomic mass is 16.1. The van der Waals surface area contributed by atoms with Gasteiger partial charge in [0.05, 0.1) is 5.69 Å². The molecule has 102 valence electrons. The maximum absolute atomic E-state index is 12.2. The fourth-order valence-corrected chi connectivity index (χ4v) is 2.10. The standard InChI is InChI=1S/C14H15N5O/c1-11-10-19-9-5-15-12(13(19)17-11)14(20)16-4-8-18-6-2-3-7-18/h2-3,5-7,9-10H,4,8H2,1H3,(H,16,20). The Labute approximate surface area is 116 Å². The van der Waals surface area contributed by atoms with E-state index in [2.05, 4.69) is 15.3 Å². The van der Waals surface area contributed by atoms with Crippen molar-refractivity contribution < 1.29 is 4.79 Å². The summed E-state index contributed by atoms with van der Waals surface area (Å²) >= 11 is 0. The van der Waals surface area contributed by atoms with Crippen molar-refractivity contribution in [3.05, 3.63) is 54.5 Å². The van der Waals surface area contributed by atoms with Gasteiger partial charge in [-0.15, -0.1) is 0 Å². The van der Waals surface area contributed by atoms with Gasteiger partial charge in [-0.3, -0.25) is 4.79 Å². The minimum absolute atomic E-state index is 0.201. The van der Waals surface area contributed by atoms with Crippen molar-refractivity contribution >= 4 is 11.6 Å². The third-order valence-electron chi connectivity index (χ3n) is 3.03. The van der Waals surface area contributed by atoms with Gasteiger partial charge in [0, 0.05) is 44.1 Å². The Morgan fingerprint density at radius 3 is 2.90 bits per heavy atom. The van der Waals surface area contributed by atoms with Crippen LogP contribution < -0.4 is 5.32 Å². The number of carbonyl (C=O) groups excluding carboxylic acids is 1. The number of nitrogens with one attached hydrogen (secondary N) is 1. The molecule has 3 aromatic rings. The summed E-state index contributed by atoms with van der Waals surface area (Å²) in [5.41, 5.74) is 1.80. The number of imidazole rings is 1. The Hall–Kier alpha value is -2.63. The lowest BCUT2D eigenvalue weighted by molar-refractivity contribution is 0.0948. The van der Waals surface area contributed by atoms with E-state index in [1.165, 1.54) is 0 Å². The van der Waals surface area contributed by atoms with Gasteiger partial charge in [-0.05, 0) is 19.1 Å². The van der Waals surface area contributed by atoms with E-state index in [-0.39, 0.29) is 5.91 Å². The van der Waals surface area contributed by atoms with Crippen molar-refractivity contribution in [2.75, 3.05) is 6.54 Å². The molecule has 3 heterocycles. The van der Waals surface area contributed by atoms with Gasteiger partial charge in [0.25, 0.3) is 5.91 Å². The van der Waals surface area contributed by atoms with E-state index < -0.39 is 0 Å². The maximum atomic E-state index is 12.2. The summed E-state index contributed by atoms with van der Waals surface area (Å²) in [7, 11) is 0. The highest BCUT2D eigenvalue weighted by Gasteiger charge is 2.13. The number of aryl methyl sites for hydroxylation is 1. The molecule has 0 radical (unpaired) electrons. The predicted molar refractivity (Wildman–Crippen MR) is 74.5 cm³/mol. The molecule has 0 fully saturated rings. The molecular weight excluding hydrogens is 254 g/mol. The van der Waals surface area contributed by atoms with Crippen LogP contribution in [0.2, 0.25) is 0 Å². The van der Waals surface area contributed by atoms with Crippen molar-refractivity contribution in [1.82, 2.24) is 24.3 Å². The number of aromatic nitrogens is 4. The highest BCUT2D eigenvalue weighted by molar-refractivity contribution is 5.97. The molecule has 0 saturated heterocycles. The molecule has 0 atom stereocenters. The number of rotatable bonds is 4. The van der Waals surface area contributed by atoms with Gasteiger partial charge < -0.3 is 14.3 Å². The van der Waals surface area contributed by atoms with E-state index in [1.54, 1.807) is 12.4 Å². The second-order valence-electron chi connectivity index (χ2n) is 4.57. The zero-order valence-electron chi connectivity index (χ0n) is 11.2. The Morgan fingerprint density at radius 1 is 1.30 bits per heavy atom. The molecule has 0 saturated carbocycles. The Balaban J connectivity index is 1.72. The molecule has 6 heteroatoms. The van der Waals surface area contributed by atoms with Crippen LogP contribution in [0, 0.1) is 6.92 Å². The molecule has 0 aliphatic carbocycles. The molecule has 0 aliphatic rings. The zero-order chi connectivity index (χ0) is 13.9. The molecule has 0 bridgehead atoms. The van der Waals surface area contributed by atoms with E-state index >= 15 is 0 Å². The Kier molecular flexibility index (Phi) is 3.20. The maximum Gasteiger partial charge on any atom is 0.273 e. The number of fused-ring (bicyclic) bond motifs is 1. The second kappa shape index (κ2) is 5.16. The molecule has 6 nitrogen and oxygen atoms in total. The van der Waals surface area contributed by atoms with Crippen LogP contribution in [0.4, 0.5) is 0 Å². The molecule has 3 aromatic heterocycles. The fourth-order valence-electron chi connectivity index (χ4n) is 2.10. The number of carbonyl (C=O) groups is 1. The minimum atomic E-state index is -0.201. The summed E-state index contributed by atoms with van der Waals surface area (Å²) in [4.78, 5) is 20.6. The van der Waals surface area contributed by atoms with Crippen LogP contribution in [0.25, 0.3) is 5.65 Å². The topological polar surface area (TPSA) is 64.2 Å². The monoisotopic (exact) mass is 269 g/mol. The number of nitrogens with zero attached hydrogens (tertiary/aromatic N) is 4. The van der Waals surface area contributed by atoms with E-state index in [0.717, 1.165) is 12.2 Å². The summed E-state index contributed by atoms with van der Waals surface area (Å²) in [5, 5.41) is 2.86. The SMILES string of the molecule is Cc1cn2ccnc(C(=O)NCCn3cccc3)c2n1. The van der Waals surface area contributed by atoms with Crippen LogP contribution in [0.15, 0.2) is 43.1 Å². The molecule has 1 amide bonds. The fraction of sp³-hybridized carbons (Fsp3) is 0.214. The lowest BCUT2D eigenvalue weighted by Crippen LogP contribution is -2.28. The normalized spacial score (nSPS) is 10.8. The first kappa shape index (κ1) is 12.4.